The number of carbonyl (C=O) groups is 1. The van der Waals surface area contributed by atoms with Gasteiger partial charge in [0.1, 0.15) is 5.82 Å². The number of aromatic nitrogens is 1. The molecule has 1 fully saturated rings. The van der Waals surface area contributed by atoms with E-state index in [0.29, 0.717) is 0 Å². The summed E-state index contributed by atoms with van der Waals surface area (Å²) in [5.41, 5.74) is 0. The molecule has 4 heteroatoms. The number of nitrogens with zero attached hydrogens (tertiary/aromatic N) is 2. The van der Waals surface area contributed by atoms with Gasteiger partial charge in [-0.1, -0.05) is 12.6 Å². The molecular formula is C12H15N3O. The summed E-state index contributed by atoms with van der Waals surface area (Å²) in [5.74, 6) is 0.866. The molecule has 1 aliphatic heterocycles. The lowest BCUT2D eigenvalue weighted by Crippen LogP contribution is -2.36. The molecule has 2 heterocycles. The smallest absolute Gasteiger partial charge is 0.243 e. The zero-order valence-corrected chi connectivity index (χ0v) is 9.10. The highest BCUT2D eigenvalue weighted by atomic mass is 16.1. The molecule has 0 unspecified atom stereocenters. The lowest BCUT2D eigenvalue weighted by molar-refractivity contribution is -0.117. The second-order valence-electron chi connectivity index (χ2n) is 3.83. The van der Waals surface area contributed by atoms with Crippen LogP contribution in [0.5, 0.6) is 0 Å². The van der Waals surface area contributed by atoms with Gasteiger partial charge in [0, 0.05) is 25.3 Å². The Hall–Kier alpha value is -1.84. The number of rotatable bonds is 3. The molecule has 0 bridgehead atoms. The van der Waals surface area contributed by atoms with E-state index in [1.54, 1.807) is 6.20 Å². The van der Waals surface area contributed by atoms with Gasteiger partial charge in [0.05, 0.1) is 0 Å². The molecule has 0 aromatic carbocycles. The number of amides is 1. The van der Waals surface area contributed by atoms with Crippen molar-refractivity contribution in [2.45, 2.75) is 12.5 Å². The monoisotopic (exact) mass is 217 g/mol. The molecule has 1 aromatic heterocycles. The number of carbonyl (C=O) groups excluding carboxylic acids is 1. The van der Waals surface area contributed by atoms with E-state index in [1.807, 2.05) is 18.2 Å². The van der Waals surface area contributed by atoms with Crippen LogP contribution in [-0.2, 0) is 4.79 Å². The summed E-state index contributed by atoms with van der Waals surface area (Å²) in [4.78, 5) is 17.6. The van der Waals surface area contributed by atoms with E-state index in [0.717, 1.165) is 25.3 Å². The summed E-state index contributed by atoms with van der Waals surface area (Å²) in [6.45, 7) is 5.19. The standard InChI is InChI=1S/C12H15N3O/c1-2-12(16)14-10-6-8-15(9-10)11-5-3-4-7-13-11/h2-5,7,10H,1,6,8-9H2,(H,14,16)/t10-/m0/s1. The Morgan fingerprint density at radius 2 is 2.50 bits per heavy atom. The molecule has 84 valence electrons. The van der Waals surface area contributed by atoms with Gasteiger partial charge < -0.3 is 10.2 Å². The van der Waals surface area contributed by atoms with Crippen molar-refractivity contribution in [2.24, 2.45) is 0 Å². The van der Waals surface area contributed by atoms with Gasteiger partial charge in [0.15, 0.2) is 0 Å². The summed E-state index contributed by atoms with van der Waals surface area (Å²) in [6, 6.07) is 6.05. The Bertz CT molecular complexity index is 377. The van der Waals surface area contributed by atoms with Crippen molar-refractivity contribution in [1.29, 1.82) is 0 Å². The molecule has 1 N–H and O–H groups in total. The van der Waals surface area contributed by atoms with Gasteiger partial charge in [-0.3, -0.25) is 4.79 Å². The molecule has 1 amide bonds. The molecule has 0 saturated carbocycles. The second-order valence-corrected chi connectivity index (χ2v) is 3.83. The third-order valence-electron chi connectivity index (χ3n) is 2.69. The topological polar surface area (TPSA) is 45.2 Å². The maximum Gasteiger partial charge on any atom is 0.243 e. The largest absolute Gasteiger partial charge is 0.354 e. The molecular weight excluding hydrogens is 202 g/mol. The zero-order chi connectivity index (χ0) is 11.4. The molecule has 1 aromatic rings. The van der Waals surface area contributed by atoms with Crippen molar-refractivity contribution < 1.29 is 4.79 Å². The number of hydrogen-bond donors (Lipinski definition) is 1. The Kier molecular flexibility index (Phi) is 3.19. The van der Waals surface area contributed by atoms with Gasteiger partial charge in [-0.25, -0.2) is 4.98 Å². The number of nitrogens with one attached hydrogen (secondary N) is 1. The molecule has 0 spiro atoms. The van der Waals surface area contributed by atoms with Crippen molar-refractivity contribution in [3.05, 3.63) is 37.1 Å². The number of hydrogen-bond acceptors (Lipinski definition) is 3. The fourth-order valence-corrected chi connectivity index (χ4v) is 1.89. The summed E-state index contributed by atoms with van der Waals surface area (Å²) in [5, 5.41) is 2.90. The molecule has 1 aliphatic rings. The zero-order valence-electron chi connectivity index (χ0n) is 9.10. The van der Waals surface area contributed by atoms with E-state index in [1.165, 1.54) is 6.08 Å². The lowest BCUT2D eigenvalue weighted by Gasteiger charge is -2.17. The highest BCUT2D eigenvalue weighted by molar-refractivity contribution is 5.87. The highest BCUT2D eigenvalue weighted by Gasteiger charge is 2.23. The van der Waals surface area contributed by atoms with Gasteiger partial charge in [0.2, 0.25) is 5.91 Å². The Morgan fingerprint density at radius 3 is 3.19 bits per heavy atom. The highest BCUT2D eigenvalue weighted by Crippen LogP contribution is 2.16. The molecule has 0 radical (unpaired) electrons. The average Bonchev–Trinajstić information content (AvgIpc) is 2.78. The maximum atomic E-state index is 11.1. The van der Waals surface area contributed by atoms with Crippen molar-refractivity contribution in [2.75, 3.05) is 18.0 Å². The predicted octanol–water partition coefficient (Wildman–Crippen LogP) is 0.962. The van der Waals surface area contributed by atoms with Crippen LogP contribution in [0, 0.1) is 0 Å². The molecule has 2 rings (SSSR count). The van der Waals surface area contributed by atoms with Crippen LogP contribution in [0.2, 0.25) is 0 Å². The van der Waals surface area contributed by atoms with Crippen LogP contribution in [0.25, 0.3) is 0 Å². The van der Waals surface area contributed by atoms with Crippen LogP contribution in [0.4, 0.5) is 5.82 Å². The fourth-order valence-electron chi connectivity index (χ4n) is 1.89. The van der Waals surface area contributed by atoms with E-state index >= 15 is 0 Å². The SMILES string of the molecule is C=CC(=O)N[C@H]1CCN(c2ccccn2)C1. The summed E-state index contributed by atoms with van der Waals surface area (Å²) in [7, 11) is 0. The van der Waals surface area contributed by atoms with Gasteiger partial charge in [-0.05, 0) is 24.6 Å². The predicted molar refractivity (Wildman–Crippen MR) is 63.2 cm³/mol. The van der Waals surface area contributed by atoms with Crippen molar-refractivity contribution >= 4 is 11.7 Å². The molecule has 0 aliphatic carbocycles. The van der Waals surface area contributed by atoms with E-state index in [4.69, 9.17) is 0 Å². The van der Waals surface area contributed by atoms with Gasteiger partial charge >= 0.3 is 0 Å². The van der Waals surface area contributed by atoms with Crippen LogP contribution in [-0.4, -0.2) is 30.0 Å². The fraction of sp³-hybridized carbons (Fsp3) is 0.333. The first kappa shape index (κ1) is 10.7. The van der Waals surface area contributed by atoms with Gasteiger partial charge in [0.25, 0.3) is 0 Å². The summed E-state index contributed by atoms with van der Waals surface area (Å²) >= 11 is 0. The van der Waals surface area contributed by atoms with E-state index < -0.39 is 0 Å². The minimum absolute atomic E-state index is 0.104. The Labute approximate surface area is 95.0 Å². The third kappa shape index (κ3) is 2.39. The molecule has 4 nitrogen and oxygen atoms in total. The van der Waals surface area contributed by atoms with Crippen LogP contribution >= 0.6 is 0 Å². The Morgan fingerprint density at radius 1 is 1.62 bits per heavy atom. The van der Waals surface area contributed by atoms with Crippen LogP contribution < -0.4 is 10.2 Å². The summed E-state index contributed by atoms with van der Waals surface area (Å²) < 4.78 is 0. The minimum atomic E-state index is -0.104. The van der Waals surface area contributed by atoms with E-state index in [9.17, 15) is 4.79 Å². The minimum Gasteiger partial charge on any atom is -0.354 e. The first-order valence-corrected chi connectivity index (χ1v) is 5.38. The maximum absolute atomic E-state index is 11.1. The van der Waals surface area contributed by atoms with Crippen molar-refractivity contribution in [1.82, 2.24) is 10.3 Å². The number of pyridine rings is 1. The molecule has 16 heavy (non-hydrogen) atoms. The first-order valence-electron chi connectivity index (χ1n) is 5.38. The first-order chi connectivity index (χ1) is 7.79. The average molecular weight is 217 g/mol. The van der Waals surface area contributed by atoms with Gasteiger partial charge in [-0.2, -0.15) is 0 Å². The van der Waals surface area contributed by atoms with E-state index in [2.05, 4.69) is 21.8 Å². The lowest BCUT2D eigenvalue weighted by atomic mass is 10.2. The number of anilines is 1. The Balaban J connectivity index is 1.93. The molecule has 1 saturated heterocycles. The second kappa shape index (κ2) is 4.79. The summed E-state index contributed by atoms with van der Waals surface area (Å²) in [6.07, 6.45) is 4.05. The normalized spacial score (nSPS) is 19.5. The quantitative estimate of drug-likeness (QED) is 0.767. The molecule has 1 atom stereocenters. The van der Waals surface area contributed by atoms with Gasteiger partial charge in [-0.15, -0.1) is 0 Å². The van der Waals surface area contributed by atoms with Crippen LogP contribution in [0.15, 0.2) is 37.1 Å². The van der Waals surface area contributed by atoms with Crippen LogP contribution in [0.3, 0.4) is 0 Å². The third-order valence-corrected chi connectivity index (χ3v) is 2.69. The van der Waals surface area contributed by atoms with E-state index in [-0.39, 0.29) is 11.9 Å². The van der Waals surface area contributed by atoms with Crippen molar-refractivity contribution in [3.63, 3.8) is 0 Å². The van der Waals surface area contributed by atoms with Crippen molar-refractivity contribution in [3.8, 4) is 0 Å². The van der Waals surface area contributed by atoms with Crippen LogP contribution in [0.1, 0.15) is 6.42 Å².